The Morgan fingerprint density at radius 2 is 2.05 bits per heavy atom. The van der Waals surface area contributed by atoms with Crippen molar-refractivity contribution in [3.8, 4) is 0 Å². The summed E-state index contributed by atoms with van der Waals surface area (Å²) >= 11 is 0. The molecule has 1 aliphatic rings. The largest absolute Gasteiger partial charge is 0.457 e. The van der Waals surface area contributed by atoms with Crippen LogP contribution in [0.1, 0.15) is 13.2 Å². The maximum absolute atomic E-state index is 11.6. The number of ether oxygens (including phenoxy) is 2. The molecule has 0 aromatic carbocycles. The van der Waals surface area contributed by atoms with Crippen LogP contribution in [0.3, 0.4) is 0 Å². The van der Waals surface area contributed by atoms with Crippen LogP contribution in [-0.4, -0.2) is 56.4 Å². The quantitative estimate of drug-likeness (QED) is 0.401. The van der Waals surface area contributed by atoms with E-state index in [1.807, 2.05) is 4.98 Å². The van der Waals surface area contributed by atoms with Gasteiger partial charge in [0.15, 0.2) is 6.23 Å². The number of carbonyl (C=O) groups is 2. The third-order valence-corrected chi connectivity index (χ3v) is 3.13. The number of hydrogen-bond acceptors (Lipinski definition) is 8. The molecule has 0 aliphatic carbocycles. The van der Waals surface area contributed by atoms with Crippen LogP contribution in [-0.2, 0) is 19.1 Å². The number of Topliss-reactive ketones (excluding diaryl/α,β-unsaturated/α-hetero) is 1. The summed E-state index contributed by atoms with van der Waals surface area (Å²) in [5.74, 6) is -1.92. The second-order valence-corrected chi connectivity index (χ2v) is 4.72. The van der Waals surface area contributed by atoms with E-state index in [0.29, 0.717) is 0 Å². The van der Waals surface area contributed by atoms with Crippen molar-refractivity contribution < 1.29 is 29.3 Å². The van der Waals surface area contributed by atoms with E-state index >= 15 is 0 Å². The highest BCUT2D eigenvalue weighted by Gasteiger charge is 2.44. The lowest BCUT2D eigenvalue weighted by atomic mass is 10.1. The minimum Gasteiger partial charge on any atom is -0.457 e. The number of nitrogens with one attached hydrogen (secondary N) is 1. The van der Waals surface area contributed by atoms with Gasteiger partial charge in [-0.25, -0.2) is 9.59 Å². The Balaban J connectivity index is 2.13. The predicted octanol–water partition coefficient (Wildman–Crippen LogP) is -2.71. The van der Waals surface area contributed by atoms with Crippen molar-refractivity contribution in [3.63, 3.8) is 0 Å². The van der Waals surface area contributed by atoms with Gasteiger partial charge in [0.2, 0.25) is 5.78 Å². The normalized spacial score (nSPS) is 27.6. The summed E-state index contributed by atoms with van der Waals surface area (Å²) in [6, 6.07) is 1.05. The van der Waals surface area contributed by atoms with Gasteiger partial charge in [-0.1, -0.05) is 0 Å². The first-order valence-electron chi connectivity index (χ1n) is 6.32. The Morgan fingerprint density at radius 1 is 1.36 bits per heavy atom. The smallest absolute Gasteiger partial charge is 0.374 e. The van der Waals surface area contributed by atoms with Crippen molar-refractivity contribution in [2.45, 2.75) is 31.5 Å². The molecule has 2 unspecified atom stereocenters. The molecule has 1 fully saturated rings. The van der Waals surface area contributed by atoms with E-state index in [1.165, 1.54) is 0 Å². The first-order chi connectivity index (χ1) is 10.3. The maximum atomic E-state index is 11.6. The van der Waals surface area contributed by atoms with Crippen LogP contribution in [0.5, 0.6) is 0 Å². The molecule has 0 spiro atoms. The Bertz CT molecular complexity index is 693. The minimum absolute atomic E-state index is 0.467. The molecular weight excluding hydrogens is 300 g/mol. The van der Waals surface area contributed by atoms with Crippen LogP contribution in [0.2, 0.25) is 0 Å². The van der Waals surface area contributed by atoms with Gasteiger partial charge in [0.05, 0.1) is 0 Å². The molecule has 22 heavy (non-hydrogen) atoms. The Hall–Kier alpha value is -2.30. The first kappa shape index (κ1) is 16.1. The van der Waals surface area contributed by atoms with Gasteiger partial charge in [0.1, 0.15) is 24.9 Å². The van der Waals surface area contributed by atoms with Gasteiger partial charge < -0.3 is 19.7 Å². The fourth-order valence-corrected chi connectivity index (χ4v) is 1.98. The van der Waals surface area contributed by atoms with E-state index in [2.05, 4.69) is 4.74 Å². The average molecular weight is 314 g/mol. The number of aliphatic hydroxyl groups excluding tert-OH is 2. The standard InChI is InChI=1S/C12H14N2O8/c1-5(15)11(19)21-4-6-8(17)9(18)10(22-6)14-3-2-7(16)13-12(14)20/h2-3,6,8-10,17-18H,4H2,1H3,(H,13,16,20)/t6-,8?,9?,10-/m0/s1. The van der Waals surface area contributed by atoms with Gasteiger partial charge in [-0.3, -0.25) is 19.1 Å². The van der Waals surface area contributed by atoms with E-state index in [1.54, 1.807) is 0 Å². The van der Waals surface area contributed by atoms with Gasteiger partial charge in [-0.15, -0.1) is 0 Å². The third-order valence-electron chi connectivity index (χ3n) is 3.13. The molecule has 2 rings (SSSR count). The zero-order valence-corrected chi connectivity index (χ0v) is 11.5. The molecule has 1 aromatic heterocycles. The molecule has 1 aromatic rings. The number of hydrogen-bond donors (Lipinski definition) is 3. The van der Waals surface area contributed by atoms with E-state index in [9.17, 15) is 29.4 Å². The molecule has 4 atom stereocenters. The van der Waals surface area contributed by atoms with Crippen LogP contribution < -0.4 is 11.2 Å². The molecule has 10 heteroatoms. The van der Waals surface area contributed by atoms with Gasteiger partial charge in [0, 0.05) is 19.2 Å². The molecule has 3 N–H and O–H groups in total. The van der Waals surface area contributed by atoms with Crippen LogP contribution >= 0.6 is 0 Å². The van der Waals surface area contributed by atoms with Crippen molar-refractivity contribution in [2.24, 2.45) is 0 Å². The molecule has 10 nitrogen and oxygen atoms in total. The number of aromatic amines is 1. The summed E-state index contributed by atoms with van der Waals surface area (Å²) in [4.78, 5) is 46.4. The van der Waals surface area contributed by atoms with E-state index in [-0.39, 0.29) is 0 Å². The van der Waals surface area contributed by atoms with E-state index < -0.39 is 54.1 Å². The summed E-state index contributed by atoms with van der Waals surface area (Å²) in [6.07, 6.45) is -4.21. The molecule has 0 amide bonds. The maximum Gasteiger partial charge on any atom is 0.374 e. The molecular formula is C12H14N2O8. The zero-order chi connectivity index (χ0) is 16.4. The lowest BCUT2D eigenvalue weighted by Gasteiger charge is -2.16. The highest BCUT2D eigenvalue weighted by Crippen LogP contribution is 2.28. The lowest BCUT2D eigenvalue weighted by Crippen LogP contribution is -2.37. The van der Waals surface area contributed by atoms with Gasteiger partial charge in [0.25, 0.3) is 5.56 Å². The van der Waals surface area contributed by atoms with Crippen molar-refractivity contribution in [1.29, 1.82) is 0 Å². The van der Waals surface area contributed by atoms with E-state index in [4.69, 9.17) is 4.74 Å². The summed E-state index contributed by atoms with van der Waals surface area (Å²) in [7, 11) is 0. The Morgan fingerprint density at radius 3 is 2.64 bits per heavy atom. The monoisotopic (exact) mass is 314 g/mol. The second kappa shape index (κ2) is 6.22. The van der Waals surface area contributed by atoms with Crippen molar-refractivity contribution in [2.75, 3.05) is 6.61 Å². The highest BCUT2D eigenvalue weighted by molar-refractivity contribution is 6.32. The highest BCUT2D eigenvalue weighted by atomic mass is 16.6. The zero-order valence-electron chi connectivity index (χ0n) is 11.5. The lowest BCUT2D eigenvalue weighted by molar-refractivity contribution is -0.157. The minimum atomic E-state index is -1.48. The van der Waals surface area contributed by atoms with Crippen LogP contribution in [0.25, 0.3) is 0 Å². The molecule has 1 aliphatic heterocycles. The van der Waals surface area contributed by atoms with Crippen molar-refractivity contribution >= 4 is 11.8 Å². The molecule has 2 heterocycles. The topological polar surface area (TPSA) is 148 Å². The van der Waals surface area contributed by atoms with Gasteiger partial charge >= 0.3 is 11.7 Å². The fraction of sp³-hybridized carbons (Fsp3) is 0.500. The van der Waals surface area contributed by atoms with Gasteiger partial charge in [-0.2, -0.15) is 0 Å². The molecule has 0 saturated carbocycles. The number of nitrogens with zero attached hydrogens (tertiary/aromatic N) is 1. The Kier molecular flexibility index (Phi) is 4.54. The van der Waals surface area contributed by atoms with Gasteiger partial charge in [-0.05, 0) is 0 Å². The summed E-state index contributed by atoms with van der Waals surface area (Å²) in [5, 5.41) is 19.8. The van der Waals surface area contributed by atoms with E-state index in [0.717, 1.165) is 23.8 Å². The van der Waals surface area contributed by atoms with Crippen LogP contribution in [0.4, 0.5) is 0 Å². The van der Waals surface area contributed by atoms with Crippen LogP contribution in [0, 0.1) is 0 Å². The number of ketones is 1. The number of rotatable bonds is 4. The third kappa shape index (κ3) is 3.13. The number of aromatic nitrogens is 2. The number of esters is 1. The fourth-order valence-electron chi connectivity index (χ4n) is 1.98. The predicted molar refractivity (Wildman–Crippen MR) is 68.9 cm³/mol. The molecule has 120 valence electrons. The molecule has 1 saturated heterocycles. The number of carbonyl (C=O) groups excluding carboxylic acids is 2. The number of H-pyrrole nitrogens is 1. The second-order valence-electron chi connectivity index (χ2n) is 4.72. The van der Waals surface area contributed by atoms with Crippen molar-refractivity contribution in [1.82, 2.24) is 9.55 Å². The SMILES string of the molecule is CC(=O)C(=O)OC[C@@H]1O[C@H](n2ccc(=O)[nH]c2=O)C(O)C1O. The summed E-state index contributed by atoms with van der Waals surface area (Å²) < 4.78 is 10.8. The molecule has 0 bridgehead atoms. The number of aliphatic hydroxyl groups is 2. The first-order valence-corrected chi connectivity index (χ1v) is 6.32. The Labute approximate surface area is 122 Å². The summed E-state index contributed by atoms with van der Waals surface area (Å²) in [5.41, 5.74) is -1.45. The molecule has 0 radical (unpaired) electrons. The average Bonchev–Trinajstić information content (AvgIpc) is 2.73. The summed E-state index contributed by atoms with van der Waals surface area (Å²) in [6.45, 7) is 0.553. The van der Waals surface area contributed by atoms with Crippen LogP contribution in [0.15, 0.2) is 21.9 Å². The van der Waals surface area contributed by atoms with Crippen molar-refractivity contribution in [3.05, 3.63) is 33.1 Å².